The molecule has 0 bridgehead atoms. The molecule has 1 aliphatic heterocycles. The van der Waals surface area contributed by atoms with Gasteiger partial charge in [-0.2, -0.15) is 0 Å². The molecule has 2 N–H and O–H groups in total. The van der Waals surface area contributed by atoms with Gasteiger partial charge in [-0.05, 0) is 43.3 Å². The second-order valence-electron chi connectivity index (χ2n) is 4.19. The molecule has 1 aromatic carbocycles. The van der Waals surface area contributed by atoms with E-state index in [0.29, 0.717) is 16.6 Å². The Hall–Kier alpha value is -1.13. The first-order valence-electron chi connectivity index (χ1n) is 5.42. The number of benzene rings is 1. The van der Waals surface area contributed by atoms with E-state index in [2.05, 4.69) is 10.6 Å². The summed E-state index contributed by atoms with van der Waals surface area (Å²) < 4.78 is 0. The van der Waals surface area contributed by atoms with Crippen LogP contribution in [0.15, 0.2) is 24.3 Å². The zero-order chi connectivity index (χ0) is 12.4. The maximum atomic E-state index is 11.8. The van der Waals surface area contributed by atoms with Crippen molar-refractivity contribution in [2.75, 3.05) is 0 Å². The van der Waals surface area contributed by atoms with E-state index in [0.717, 1.165) is 5.56 Å². The highest BCUT2D eigenvalue weighted by Crippen LogP contribution is 2.17. The number of nitrogens with one attached hydrogen (secondary N) is 2. The highest BCUT2D eigenvalue weighted by molar-refractivity contribution is 7.80. The van der Waals surface area contributed by atoms with Gasteiger partial charge in [-0.15, -0.1) is 0 Å². The largest absolute Gasteiger partial charge is 0.359 e. The van der Waals surface area contributed by atoms with Gasteiger partial charge in [-0.25, -0.2) is 0 Å². The van der Waals surface area contributed by atoms with Crippen LogP contribution >= 0.6 is 23.8 Å². The fraction of sp³-hybridized carbons (Fsp3) is 0.333. The van der Waals surface area contributed by atoms with Crippen LogP contribution in [0.5, 0.6) is 0 Å². The quantitative estimate of drug-likeness (QED) is 0.805. The summed E-state index contributed by atoms with van der Waals surface area (Å²) in [6, 6.07) is 7.59. The van der Waals surface area contributed by atoms with Crippen molar-refractivity contribution in [3.8, 4) is 0 Å². The molecule has 2 rings (SSSR count). The highest BCUT2D eigenvalue weighted by Gasteiger charge is 2.30. The van der Waals surface area contributed by atoms with Gasteiger partial charge in [0, 0.05) is 11.1 Å². The molecule has 2 unspecified atom stereocenters. The van der Waals surface area contributed by atoms with Crippen LogP contribution in [-0.2, 0) is 11.2 Å². The number of carbonyl (C=O) groups is 1. The first-order valence-corrected chi connectivity index (χ1v) is 6.20. The Balaban J connectivity index is 2.09. The summed E-state index contributed by atoms with van der Waals surface area (Å²) >= 11 is 10.8. The van der Waals surface area contributed by atoms with Crippen LogP contribution in [0.4, 0.5) is 0 Å². The van der Waals surface area contributed by atoms with Gasteiger partial charge in [-0.1, -0.05) is 23.7 Å². The Bertz CT molecular complexity index is 446. The number of amides is 1. The smallest absolute Gasteiger partial charge is 0.231 e. The third-order valence-electron chi connectivity index (χ3n) is 2.90. The molecule has 0 radical (unpaired) electrons. The lowest BCUT2D eigenvalue weighted by Gasteiger charge is -2.30. The molecule has 0 spiro atoms. The number of rotatable bonds is 2. The molecule has 1 saturated heterocycles. The zero-order valence-corrected chi connectivity index (χ0v) is 10.9. The fourth-order valence-electron chi connectivity index (χ4n) is 1.92. The van der Waals surface area contributed by atoms with Crippen molar-refractivity contribution >= 4 is 34.8 Å². The van der Waals surface area contributed by atoms with Crippen molar-refractivity contribution in [1.82, 2.24) is 10.6 Å². The number of halogens is 1. The van der Waals surface area contributed by atoms with E-state index in [1.807, 2.05) is 31.2 Å². The predicted octanol–water partition coefficient (Wildman–Crippen LogP) is 1.89. The molecular formula is C12H13ClN2OS. The Morgan fingerprint density at radius 1 is 1.35 bits per heavy atom. The molecule has 2 atom stereocenters. The van der Waals surface area contributed by atoms with Crippen LogP contribution in [0.25, 0.3) is 0 Å². The second-order valence-corrected chi connectivity index (χ2v) is 5.03. The van der Waals surface area contributed by atoms with E-state index < -0.39 is 0 Å². The second kappa shape index (κ2) is 5.02. The average Bonchev–Trinajstić information content (AvgIpc) is 2.26. The topological polar surface area (TPSA) is 41.1 Å². The fourth-order valence-corrected chi connectivity index (χ4v) is 2.33. The Labute approximate surface area is 111 Å². The standard InChI is InChI=1S/C12H13ClN2OS/c1-7-10(11(16)15-12(17)14-7)6-8-2-4-9(13)5-3-8/h2-5,7,10H,6H2,1H3,(H2,14,15,16,17). The van der Waals surface area contributed by atoms with Crippen molar-refractivity contribution in [3.05, 3.63) is 34.9 Å². The van der Waals surface area contributed by atoms with Gasteiger partial charge in [0.15, 0.2) is 5.11 Å². The number of hydrogen-bond acceptors (Lipinski definition) is 2. The molecule has 0 aliphatic carbocycles. The summed E-state index contributed by atoms with van der Waals surface area (Å²) in [7, 11) is 0. The highest BCUT2D eigenvalue weighted by atomic mass is 35.5. The normalized spacial score (nSPS) is 24.1. The third-order valence-corrected chi connectivity index (χ3v) is 3.38. The van der Waals surface area contributed by atoms with Crippen LogP contribution in [0.1, 0.15) is 12.5 Å². The van der Waals surface area contributed by atoms with Crippen LogP contribution in [-0.4, -0.2) is 17.1 Å². The predicted molar refractivity (Wildman–Crippen MR) is 72.0 cm³/mol. The lowest BCUT2D eigenvalue weighted by atomic mass is 9.91. The van der Waals surface area contributed by atoms with Crippen molar-refractivity contribution < 1.29 is 4.79 Å². The average molecular weight is 269 g/mol. The van der Waals surface area contributed by atoms with Crippen LogP contribution in [0.3, 0.4) is 0 Å². The lowest BCUT2D eigenvalue weighted by Crippen LogP contribution is -2.57. The Morgan fingerprint density at radius 2 is 2.00 bits per heavy atom. The van der Waals surface area contributed by atoms with Crippen molar-refractivity contribution in [2.24, 2.45) is 5.92 Å². The maximum Gasteiger partial charge on any atom is 0.231 e. The van der Waals surface area contributed by atoms with Gasteiger partial charge in [0.25, 0.3) is 0 Å². The first-order chi connectivity index (χ1) is 8.06. The Kier molecular flexibility index (Phi) is 3.64. The van der Waals surface area contributed by atoms with Gasteiger partial charge < -0.3 is 10.6 Å². The summed E-state index contributed by atoms with van der Waals surface area (Å²) in [5.74, 6) is -0.126. The van der Waals surface area contributed by atoms with Crippen molar-refractivity contribution in [3.63, 3.8) is 0 Å². The number of carbonyl (C=O) groups excluding carboxylic acids is 1. The number of thiocarbonyl (C=S) groups is 1. The van der Waals surface area contributed by atoms with Crippen molar-refractivity contribution in [1.29, 1.82) is 0 Å². The van der Waals surface area contributed by atoms with Gasteiger partial charge >= 0.3 is 0 Å². The molecule has 5 heteroatoms. The summed E-state index contributed by atoms with van der Waals surface area (Å²) in [6.45, 7) is 1.96. The number of hydrogen-bond donors (Lipinski definition) is 2. The van der Waals surface area contributed by atoms with Gasteiger partial charge in [0.1, 0.15) is 0 Å². The van der Waals surface area contributed by atoms with E-state index in [1.165, 1.54) is 0 Å². The molecule has 90 valence electrons. The minimum Gasteiger partial charge on any atom is -0.359 e. The van der Waals surface area contributed by atoms with Gasteiger partial charge in [0.05, 0.1) is 5.92 Å². The molecule has 0 aromatic heterocycles. The minimum absolute atomic E-state index is 0.0174. The summed E-state index contributed by atoms with van der Waals surface area (Å²) in [5, 5.41) is 6.83. The molecule has 3 nitrogen and oxygen atoms in total. The van der Waals surface area contributed by atoms with E-state index >= 15 is 0 Å². The van der Waals surface area contributed by atoms with Crippen LogP contribution in [0.2, 0.25) is 5.02 Å². The zero-order valence-electron chi connectivity index (χ0n) is 9.37. The molecule has 0 saturated carbocycles. The molecule has 1 aromatic rings. The van der Waals surface area contributed by atoms with E-state index in [1.54, 1.807) is 0 Å². The summed E-state index contributed by atoms with van der Waals surface area (Å²) in [5.41, 5.74) is 1.09. The molecule has 1 aliphatic rings. The minimum atomic E-state index is -0.108. The van der Waals surface area contributed by atoms with E-state index in [9.17, 15) is 4.79 Å². The van der Waals surface area contributed by atoms with E-state index in [4.69, 9.17) is 23.8 Å². The summed E-state index contributed by atoms with van der Waals surface area (Å²) in [4.78, 5) is 11.8. The maximum absolute atomic E-state index is 11.8. The molecule has 1 amide bonds. The SMILES string of the molecule is CC1NC(=S)NC(=O)C1Cc1ccc(Cl)cc1. The van der Waals surface area contributed by atoms with Crippen LogP contribution in [0, 0.1) is 5.92 Å². The van der Waals surface area contributed by atoms with Gasteiger partial charge in [0.2, 0.25) is 5.91 Å². The first kappa shape index (κ1) is 12.3. The van der Waals surface area contributed by atoms with Crippen molar-refractivity contribution in [2.45, 2.75) is 19.4 Å². The monoisotopic (exact) mass is 268 g/mol. The lowest BCUT2D eigenvalue weighted by molar-refractivity contribution is -0.125. The van der Waals surface area contributed by atoms with Crippen LogP contribution < -0.4 is 10.6 Å². The molecule has 17 heavy (non-hydrogen) atoms. The molecule has 1 fully saturated rings. The summed E-state index contributed by atoms with van der Waals surface area (Å²) in [6.07, 6.45) is 0.680. The Morgan fingerprint density at radius 3 is 2.59 bits per heavy atom. The third kappa shape index (κ3) is 2.96. The molecular weight excluding hydrogens is 256 g/mol. The van der Waals surface area contributed by atoms with Gasteiger partial charge in [-0.3, -0.25) is 4.79 Å². The molecule has 1 heterocycles. The van der Waals surface area contributed by atoms with E-state index in [-0.39, 0.29) is 17.9 Å².